The van der Waals surface area contributed by atoms with Gasteiger partial charge >= 0.3 is 0 Å². The summed E-state index contributed by atoms with van der Waals surface area (Å²) in [6.07, 6.45) is 0. The molecule has 0 atom stereocenters. The van der Waals surface area contributed by atoms with Gasteiger partial charge in [0.1, 0.15) is 5.58 Å². The van der Waals surface area contributed by atoms with Gasteiger partial charge in [0.25, 0.3) is 0 Å². The van der Waals surface area contributed by atoms with Crippen molar-refractivity contribution in [3.8, 4) is 22.3 Å². The highest BCUT2D eigenvalue weighted by molar-refractivity contribution is 7.26. The number of rotatable bonds is 9. The summed E-state index contributed by atoms with van der Waals surface area (Å²) in [5.41, 5.74) is 9.59. The summed E-state index contributed by atoms with van der Waals surface area (Å²) in [5, 5.41) is 10.1. The Bertz CT molecular complexity index is 3500. The summed E-state index contributed by atoms with van der Waals surface area (Å²) in [6, 6.07) is 91.0. The Morgan fingerprint density at radius 2 is 0.891 bits per heavy atom. The van der Waals surface area contributed by atoms with E-state index in [1.165, 1.54) is 63.2 Å². The van der Waals surface area contributed by atoms with Crippen molar-refractivity contribution in [2.75, 3.05) is 4.90 Å². The molecule has 10 aromatic carbocycles. The molecule has 2 nitrogen and oxygen atoms in total. The van der Waals surface area contributed by atoms with Crippen LogP contribution in [0.4, 0.5) is 17.1 Å². The van der Waals surface area contributed by atoms with Crippen molar-refractivity contribution in [2.45, 2.75) is 0 Å². The van der Waals surface area contributed by atoms with Crippen LogP contribution in [0, 0.1) is 0 Å². The SMILES string of the molecule is c1ccc(-c2ccc(N(c3ccc([Si](c4ccccc4)(c4ccccc4)c4ccccc4)cc3)c3cccc4c3oc3ccccc34)cc2-c2cccc3c2sc2ccccc23)cc1. The second kappa shape index (κ2) is 15.9. The van der Waals surface area contributed by atoms with E-state index < -0.39 is 8.07 Å². The van der Waals surface area contributed by atoms with Gasteiger partial charge < -0.3 is 9.32 Å². The lowest BCUT2D eigenvalue weighted by atomic mass is 9.92. The first-order valence-electron chi connectivity index (χ1n) is 21.8. The molecular formula is C60H41NOSSi. The monoisotopic (exact) mass is 851 g/mol. The van der Waals surface area contributed by atoms with Crippen LogP contribution in [-0.2, 0) is 0 Å². The quantitative estimate of drug-likeness (QED) is 0.106. The molecule has 0 aliphatic rings. The van der Waals surface area contributed by atoms with Crippen molar-refractivity contribution in [1.29, 1.82) is 0 Å². The number of benzene rings is 10. The first kappa shape index (κ1) is 38.0. The van der Waals surface area contributed by atoms with Crippen molar-refractivity contribution in [2.24, 2.45) is 0 Å². The van der Waals surface area contributed by atoms with Gasteiger partial charge in [-0.1, -0.05) is 206 Å². The molecule has 0 N–H and O–H groups in total. The minimum absolute atomic E-state index is 0.856. The number of hydrogen-bond acceptors (Lipinski definition) is 3. The zero-order valence-corrected chi connectivity index (χ0v) is 36.8. The molecule has 0 amide bonds. The summed E-state index contributed by atoms with van der Waals surface area (Å²) >= 11 is 1.87. The zero-order valence-electron chi connectivity index (χ0n) is 34.9. The van der Waals surface area contributed by atoms with Crippen molar-refractivity contribution in [3.63, 3.8) is 0 Å². The molecule has 2 aromatic heterocycles. The van der Waals surface area contributed by atoms with Gasteiger partial charge in [-0.2, -0.15) is 0 Å². The summed E-state index contributed by atoms with van der Waals surface area (Å²) in [5.74, 6) is 0. The Balaban J connectivity index is 1.11. The Hall–Kier alpha value is -7.76. The maximum atomic E-state index is 6.83. The van der Waals surface area contributed by atoms with Crippen LogP contribution in [0.3, 0.4) is 0 Å². The second-order valence-corrected chi connectivity index (χ2v) is 21.2. The number of furan rings is 1. The van der Waals surface area contributed by atoms with E-state index in [1.54, 1.807) is 0 Å². The largest absolute Gasteiger partial charge is 0.454 e. The molecule has 0 bridgehead atoms. The highest BCUT2D eigenvalue weighted by atomic mass is 32.1. The van der Waals surface area contributed by atoms with E-state index in [9.17, 15) is 0 Å². The van der Waals surface area contributed by atoms with Gasteiger partial charge in [0.05, 0.1) is 5.69 Å². The highest BCUT2D eigenvalue weighted by Crippen LogP contribution is 2.47. The van der Waals surface area contributed by atoms with Crippen LogP contribution in [0.2, 0.25) is 0 Å². The third-order valence-electron chi connectivity index (χ3n) is 12.8. The number of anilines is 3. The molecular weight excluding hydrogens is 811 g/mol. The minimum Gasteiger partial charge on any atom is -0.454 e. The van der Waals surface area contributed by atoms with Crippen molar-refractivity contribution >= 4 is 99.3 Å². The summed E-state index contributed by atoms with van der Waals surface area (Å²) in [4.78, 5) is 2.40. The maximum absolute atomic E-state index is 6.83. The van der Waals surface area contributed by atoms with Crippen LogP contribution in [0.5, 0.6) is 0 Å². The Morgan fingerprint density at radius 1 is 0.359 bits per heavy atom. The Labute approximate surface area is 377 Å². The molecule has 0 spiro atoms. The van der Waals surface area contributed by atoms with Crippen LogP contribution in [0.1, 0.15) is 0 Å². The van der Waals surface area contributed by atoms with Crippen molar-refractivity contribution in [1.82, 2.24) is 0 Å². The van der Waals surface area contributed by atoms with Gasteiger partial charge in [0.15, 0.2) is 13.7 Å². The van der Waals surface area contributed by atoms with E-state index >= 15 is 0 Å². The number of fused-ring (bicyclic) bond motifs is 6. The molecule has 2 heterocycles. The Morgan fingerprint density at radius 3 is 1.58 bits per heavy atom. The van der Waals surface area contributed by atoms with Gasteiger partial charge in [0, 0.05) is 47.9 Å². The van der Waals surface area contributed by atoms with Gasteiger partial charge in [-0.05, 0) is 79.9 Å². The van der Waals surface area contributed by atoms with Gasteiger partial charge in [0.2, 0.25) is 0 Å². The second-order valence-electron chi connectivity index (χ2n) is 16.4. The van der Waals surface area contributed by atoms with Gasteiger partial charge in [-0.25, -0.2) is 0 Å². The molecule has 0 unspecified atom stereocenters. The lowest BCUT2D eigenvalue weighted by Crippen LogP contribution is -2.74. The Kier molecular flexibility index (Phi) is 9.40. The van der Waals surface area contributed by atoms with Crippen molar-refractivity contribution < 1.29 is 4.42 Å². The molecule has 0 fully saturated rings. The number of nitrogens with zero attached hydrogens (tertiary/aromatic N) is 1. The van der Waals surface area contributed by atoms with Gasteiger partial charge in [-0.3, -0.25) is 0 Å². The van der Waals surface area contributed by atoms with Crippen LogP contribution >= 0.6 is 11.3 Å². The molecule has 0 saturated heterocycles. The summed E-state index contributed by atoms with van der Waals surface area (Å²) in [6.45, 7) is 0. The fourth-order valence-electron chi connectivity index (χ4n) is 9.98. The average Bonchev–Trinajstić information content (AvgIpc) is 3.95. The van der Waals surface area contributed by atoms with Crippen molar-refractivity contribution in [3.05, 3.63) is 249 Å². The number of hydrogen-bond donors (Lipinski definition) is 0. The summed E-state index contributed by atoms with van der Waals surface area (Å²) < 4.78 is 9.41. The lowest BCUT2D eigenvalue weighted by Gasteiger charge is -2.35. The number of thiophene rings is 1. The van der Waals surface area contributed by atoms with E-state index in [2.05, 4.69) is 248 Å². The van der Waals surface area contributed by atoms with E-state index in [0.717, 1.165) is 39.0 Å². The van der Waals surface area contributed by atoms with Gasteiger partial charge in [-0.15, -0.1) is 11.3 Å². The van der Waals surface area contributed by atoms with Crippen LogP contribution in [-0.4, -0.2) is 8.07 Å². The molecule has 302 valence electrons. The fraction of sp³-hybridized carbons (Fsp3) is 0. The zero-order chi connectivity index (χ0) is 42.5. The molecule has 4 heteroatoms. The normalized spacial score (nSPS) is 11.8. The first-order chi connectivity index (χ1) is 31.8. The molecule has 0 aliphatic carbocycles. The molecule has 64 heavy (non-hydrogen) atoms. The third kappa shape index (κ3) is 6.22. The van der Waals surface area contributed by atoms with Crippen LogP contribution < -0.4 is 25.6 Å². The van der Waals surface area contributed by atoms with E-state index in [4.69, 9.17) is 4.42 Å². The smallest absolute Gasteiger partial charge is 0.179 e. The van der Waals surface area contributed by atoms with E-state index in [0.29, 0.717) is 0 Å². The fourth-order valence-corrected chi connectivity index (χ4v) is 16.0. The molecule has 12 rings (SSSR count). The average molecular weight is 852 g/mol. The lowest BCUT2D eigenvalue weighted by molar-refractivity contribution is 0.669. The maximum Gasteiger partial charge on any atom is 0.179 e. The molecule has 0 saturated carbocycles. The van der Waals surface area contributed by atoms with Crippen LogP contribution in [0.15, 0.2) is 253 Å². The molecule has 0 aliphatic heterocycles. The standard InChI is InChI=1S/C60H41NOSSi/c1-5-19-42(20-6-1)49-40-37-44(41-55(49)54-31-17-30-53-51-28-14-16-34-58(51)63-60(53)54)61(56-32-18-29-52-50-27-13-15-33-57(50)62-59(52)56)43-35-38-48(39-36-43)64(45-21-7-2-8-22-45,46-23-9-3-10-24-46)47-25-11-4-12-26-47/h1-41H. The van der Waals surface area contributed by atoms with E-state index in [-0.39, 0.29) is 0 Å². The predicted molar refractivity (Wildman–Crippen MR) is 276 cm³/mol. The molecule has 0 radical (unpaired) electrons. The van der Waals surface area contributed by atoms with E-state index in [1.807, 2.05) is 17.4 Å². The highest BCUT2D eigenvalue weighted by Gasteiger charge is 2.41. The predicted octanol–water partition coefficient (Wildman–Crippen LogP) is 14.1. The molecule has 12 aromatic rings. The minimum atomic E-state index is -2.76. The summed E-state index contributed by atoms with van der Waals surface area (Å²) in [7, 11) is -2.76. The third-order valence-corrected chi connectivity index (χ3v) is 18.9. The first-order valence-corrected chi connectivity index (χ1v) is 24.6. The van der Waals surface area contributed by atoms with Crippen LogP contribution in [0.25, 0.3) is 64.4 Å². The topological polar surface area (TPSA) is 16.4 Å². The number of para-hydroxylation sites is 2.